The van der Waals surface area contributed by atoms with Crippen LogP contribution in [0.25, 0.3) is 0 Å². The van der Waals surface area contributed by atoms with Gasteiger partial charge in [-0.25, -0.2) is 13.6 Å². The molecule has 2 fully saturated rings. The first-order valence-electron chi connectivity index (χ1n) is 10.5. The fourth-order valence-corrected chi connectivity index (χ4v) is 4.13. The molecule has 156 valence electrons. The first-order valence-corrected chi connectivity index (χ1v) is 10.5. The lowest BCUT2D eigenvalue weighted by atomic mass is 10.1. The summed E-state index contributed by atoms with van der Waals surface area (Å²) in [6.45, 7) is 8.33. The number of nitrogens with zero attached hydrogens (tertiary/aromatic N) is 2. The van der Waals surface area contributed by atoms with Crippen molar-refractivity contribution in [3.05, 3.63) is 29.8 Å². The van der Waals surface area contributed by atoms with Crippen LogP contribution in [0.2, 0.25) is 0 Å². The third-order valence-corrected chi connectivity index (χ3v) is 5.74. The van der Waals surface area contributed by atoms with E-state index in [0.717, 1.165) is 32.1 Å². The summed E-state index contributed by atoms with van der Waals surface area (Å²) in [6.07, 6.45) is 4.82. The van der Waals surface area contributed by atoms with Crippen LogP contribution in [0.5, 0.6) is 0 Å². The molecule has 0 aliphatic carbocycles. The fraction of sp³-hybridized carbons (Fsp3) is 0.667. The van der Waals surface area contributed by atoms with Gasteiger partial charge >= 0.3 is 6.03 Å². The summed E-state index contributed by atoms with van der Waals surface area (Å²) in [7, 11) is 0. The number of urea groups is 1. The largest absolute Gasteiger partial charge is 0.371 e. The first-order chi connectivity index (χ1) is 13.5. The van der Waals surface area contributed by atoms with Crippen molar-refractivity contribution in [3.63, 3.8) is 0 Å². The van der Waals surface area contributed by atoms with Crippen LogP contribution >= 0.6 is 0 Å². The molecule has 0 saturated carbocycles. The Kier molecular flexibility index (Phi) is 7.48. The lowest BCUT2D eigenvalue weighted by molar-refractivity contribution is 0.197. The summed E-state index contributed by atoms with van der Waals surface area (Å²) in [5, 5.41) is 5.92. The second-order valence-corrected chi connectivity index (χ2v) is 8.26. The van der Waals surface area contributed by atoms with E-state index in [9.17, 15) is 13.6 Å². The predicted octanol–water partition coefficient (Wildman–Crippen LogP) is 3.21. The Morgan fingerprint density at radius 1 is 1.14 bits per heavy atom. The molecule has 2 aliphatic heterocycles. The van der Waals surface area contributed by atoms with Crippen molar-refractivity contribution in [3.8, 4) is 0 Å². The van der Waals surface area contributed by atoms with Crippen LogP contribution in [0, 0.1) is 23.5 Å². The van der Waals surface area contributed by atoms with Gasteiger partial charge < -0.3 is 20.4 Å². The normalized spacial score (nSPS) is 21.5. The minimum Gasteiger partial charge on any atom is -0.371 e. The molecule has 7 heteroatoms. The number of hydrogen-bond acceptors (Lipinski definition) is 3. The molecular formula is C21H32F2N4O. The van der Waals surface area contributed by atoms with Crippen LogP contribution < -0.4 is 15.5 Å². The molecule has 2 amide bonds. The third-order valence-electron chi connectivity index (χ3n) is 5.74. The summed E-state index contributed by atoms with van der Waals surface area (Å²) in [4.78, 5) is 16.6. The lowest BCUT2D eigenvalue weighted by Crippen LogP contribution is -2.42. The number of carbonyl (C=O) groups is 1. The van der Waals surface area contributed by atoms with Crippen molar-refractivity contribution in [1.29, 1.82) is 0 Å². The summed E-state index contributed by atoms with van der Waals surface area (Å²) in [5.41, 5.74) is 0.692. The number of benzene rings is 1. The van der Waals surface area contributed by atoms with Crippen LogP contribution in [-0.4, -0.2) is 56.7 Å². The molecule has 28 heavy (non-hydrogen) atoms. The fourth-order valence-electron chi connectivity index (χ4n) is 4.13. The number of carbonyl (C=O) groups excluding carboxylic acids is 1. The van der Waals surface area contributed by atoms with Gasteiger partial charge in [0.25, 0.3) is 0 Å². The molecule has 2 N–H and O–H groups in total. The molecule has 2 unspecified atom stereocenters. The van der Waals surface area contributed by atoms with E-state index < -0.39 is 11.6 Å². The molecule has 3 rings (SSSR count). The molecule has 2 aliphatic rings. The standard InChI is InChI=1S/C21H32F2N4O/c1-16(14-26-8-3-2-4-9-26)12-24-21(28)25-13-17-7-10-27(15-17)18-5-6-19(22)20(23)11-18/h5-6,11,16-17H,2-4,7-10,12-15H2,1H3,(H2,24,25,28). The van der Waals surface area contributed by atoms with Gasteiger partial charge in [-0.2, -0.15) is 0 Å². The van der Waals surface area contributed by atoms with Gasteiger partial charge in [-0.3, -0.25) is 0 Å². The number of rotatable bonds is 7. The SMILES string of the molecule is CC(CNC(=O)NCC1CCN(c2ccc(F)c(F)c2)C1)CN1CCCCC1. The van der Waals surface area contributed by atoms with Crippen molar-refractivity contribution in [2.75, 3.05) is 50.7 Å². The number of hydrogen-bond donors (Lipinski definition) is 2. The lowest BCUT2D eigenvalue weighted by Gasteiger charge is -2.29. The highest BCUT2D eigenvalue weighted by atomic mass is 19.2. The van der Waals surface area contributed by atoms with Gasteiger partial charge in [-0.15, -0.1) is 0 Å². The molecule has 2 heterocycles. The summed E-state index contributed by atoms with van der Waals surface area (Å²) < 4.78 is 26.5. The Labute approximate surface area is 166 Å². The molecule has 1 aromatic rings. The van der Waals surface area contributed by atoms with Gasteiger partial charge in [-0.1, -0.05) is 13.3 Å². The molecule has 0 spiro atoms. The van der Waals surface area contributed by atoms with Gasteiger partial charge in [0, 0.05) is 44.5 Å². The number of nitrogens with one attached hydrogen (secondary N) is 2. The molecule has 5 nitrogen and oxygen atoms in total. The van der Waals surface area contributed by atoms with Gasteiger partial charge in [0.2, 0.25) is 0 Å². The van der Waals surface area contributed by atoms with Crippen LogP contribution in [-0.2, 0) is 0 Å². The summed E-state index contributed by atoms with van der Waals surface area (Å²) >= 11 is 0. The van der Waals surface area contributed by atoms with Gasteiger partial charge in [0.05, 0.1) is 0 Å². The van der Waals surface area contributed by atoms with E-state index in [4.69, 9.17) is 0 Å². The van der Waals surface area contributed by atoms with Crippen LogP contribution in [0.1, 0.15) is 32.6 Å². The Bertz CT molecular complexity index is 651. The minimum absolute atomic E-state index is 0.128. The number of amides is 2. The second-order valence-electron chi connectivity index (χ2n) is 8.26. The summed E-state index contributed by atoms with van der Waals surface area (Å²) in [6, 6.07) is 3.87. The molecule has 0 radical (unpaired) electrons. The highest BCUT2D eigenvalue weighted by molar-refractivity contribution is 5.73. The van der Waals surface area contributed by atoms with Crippen molar-refractivity contribution < 1.29 is 13.6 Å². The second kappa shape index (κ2) is 10.0. The van der Waals surface area contributed by atoms with E-state index in [1.54, 1.807) is 6.07 Å². The maximum absolute atomic E-state index is 13.4. The molecular weight excluding hydrogens is 362 g/mol. The zero-order chi connectivity index (χ0) is 19.9. The average molecular weight is 395 g/mol. The predicted molar refractivity (Wildman–Crippen MR) is 108 cm³/mol. The van der Waals surface area contributed by atoms with Gasteiger partial charge in [0.15, 0.2) is 11.6 Å². The van der Waals surface area contributed by atoms with Crippen LogP contribution in [0.3, 0.4) is 0 Å². The minimum atomic E-state index is -0.827. The Hall–Kier alpha value is -1.89. The Morgan fingerprint density at radius 3 is 2.68 bits per heavy atom. The molecule has 0 bridgehead atoms. The smallest absolute Gasteiger partial charge is 0.314 e. The molecule has 1 aromatic carbocycles. The van der Waals surface area contributed by atoms with E-state index in [-0.39, 0.29) is 6.03 Å². The maximum atomic E-state index is 13.4. The van der Waals surface area contributed by atoms with Crippen molar-refractivity contribution in [2.24, 2.45) is 11.8 Å². The maximum Gasteiger partial charge on any atom is 0.314 e. The topological polar surface area (TPSA) is 47.6 Å². The van der Waals surface area contributed by atoms with Gasteiger partial charge in [0.1, 0.15) is 0 Å². The quantitative estimate of drug-likeness (QED) is 0.747. The molecule has 0 aromatic heterocycles. The van der Waals surface area contributed by atoms with E-state index >= 15 is 0 Å². The number of halogens is 2. The van der Waals surface area contributed by atoms with E-state index in [1.807, 2.05) is 4.90 Å². The van der Waals surface area contributed by atoms with Crippen LogP contribution in [0.4, 0.5) is 19.3 Å². The van der Waals surface area contributed by atoms with Crippen molar-refractivity contribution in [2.45, 2.75) is 32.6 Å². The highest BCUT2D eigenvalue weighted by Crippen LogP contribution is 2.25. The van der Waals surface area contributed by atoms with Crippen LogP contribution in [0.15, 0.2) is 18.2 Å². The highest BCUT2D eigenvalue weighted by Gasteiger charge is 2.24. The number of piperidine rings is 1. The van der Waals surface area contributed by atoms with E-state index in [1.165, 1.54) is 38.4 Å². The third kappa shape index (κ3) is 6.06. The summed E-state index contributed by atoms with van der Waals surface area (Å²) in [5.74, 6) is -0.909. The molecule has 2 saturated heterocycles. The Morgan fingerprint density at radius 2 is 1.93 bits per heavy atom. The Balaban J connectivity index is 1.33. The first kappa shape index (κ1) is 20.8. The zero-order valence-electron chi connectivity index (χ0n) is 16.7. The molecule has 2 atom stereocenters. The van der Waals surface area contributed by atoms with Crippen molar-refractivity contribution in [1.82, 2.24) is 15.5 Å². The van der Waals surface area contributed by atoms with Crippen molar-refractivity contribution >= 4 is 11.7 Å². The van der Waals surface area contributed by atoms with Gasteiger partial charge in [-0.05, 0) is 56.3 Å². The van der Waals surface area contributed by atoms with E-state index in [2.05, 4.69) is 22.5 Å². The monoisotopic (exact) mass is 394 g/mol. The number of anilines is 1. The zero-order valence-corrected chi connectivity index (χ0v) is 16.7. The number of likely N-dealkylation sites (tertiary alicyclic amines) is 1. The average Bonchev–Trinajstić information content (AvgIpc) is 3.17. The van der Waals surface area contributed by atoms with E-state index in [0.29, 0.717) is 30.6 Å².